The fourth-order valence-corrected chi connectivity index (χ4v) is 1.98. The van der Waals surface area contributed by atoms with Gasteiger partial charge in [0.15, 0.2) is 5.76 Å². The highest BCUT2D eigenvalue weighted by Gasteiger charge is 2.20. The van der Waals surface area contributed by atoms with Crippen LogP contribution in [0.25, 0.3) is 22.4 Å². The molecule has 0 saturated carbocycles. The molecule has 0 aromatic carbocycles. The molecule has 3 rings (SSSR count). The van der Waals surface area contributed by atoms with Crippen molar-refractivity contribution in [2.24, 2.45) is 7.05 Å². The third kappa shape index (κ3) is 1.39. The number of nitrogens with zero attached hydrogens (tertiary/aromatic N) is 3. The molecule has 0 saturated heterocycles. The lowest BCUT2D eigenvalue weighted by Crippen LogP contribution is -1.95. The van der Waals surface area contributed by atoms with E-state index in [0.717, 1.165) is 11.0 Å². The summed E-state index contributed by atoms with van der Waals surface area (Å²) in [6.45, 7) is 0. The molecule has 0 aliphatic rings. The minimum Gasteiger partial charge on any atom is -0.477 e. The number of carboxylic acid groups (broad SMARTS) is 1. The van der Waals surface area contributed by atoms with Gasteiger partial charge in [-0.25, -0.2) is 9.78 Å². The second-order valence-corrected chi connectivity index (χ2v) is 3.90. The van der Waals surface area contributed by atoms with Crippen molar-refractivity contribution in [3.05, 3.63) is 36.3 Å². The van der Waals surface area contributed by atoms with E-state index in [-0.39, 0.29) is 11.3 Å². The van der Waals surface area contributed by atoms with E-state index < -0.39 is 5.97 Å². The molecule has 90 valence electrons. The minimum absolute atomic E-state index is 0.0475. The summed E-state index contributed by atoms with van der Waals surface area (Å²) in [6.07, 6.45) is 4.67. The average Bonchev–Trinajstić information content (AvgIpc) is 2.95. The summed E-state index contributed by atoms with van der Waals surface area (Å²) >= 11 is 0. The van der Waals surface area contributed by atoms with Crippen molar-refractivity contribution < 1.29 is 14.4 Å². The molecule has 18 heavy (non-hydrogen) atoms. The molecule has 3 heterocycles. The maximum absolute atomic E-state index is 11.1. The highest BCUT2D eigenvalue weighted by atomic mass is 16.5. The van der Waals surface area contributed by atoms with E-state index in [1.165, 1.54) is 6.20 Å². The third-order valence-corrected chi connectivity index (χ3v) is 2.78. The van der Waals surface area contributed by atoms with Crippen LogP contribution in [0.3, 0.4) is 0 Å². The molecular weight excluding hydrogens is 234 g/mol. The van der Waals surface area contributed by atoms with E-state index in [4.69, 9.17) is 9.63 Å². The predicted octanol–water partition coefficient (Wildman–Crippen LogP) is 1.93. The topological polar surface area (TPSA) is 81.2 Å². The maximum Gasteiger partial charge on any atom is 0.341 e. The second-order valence-electron chi connectivity index (χ2n) is 3.90. The van der Waals surface area contributed by atoms with E-state index >= 15 is 0 Å². The Morgan fingerprint density at radius 3 is 3.11 bits per heavy atom. The Morgan fingerprint density at radius 1 is 1.50 bits per heavy atom. The Bertz CT molecular complexity index is 742. The molecule has 3 aromatic rings. The van der Waals surface area contributed by atoms with Crippen LogP contribution in [0.15, 0.2) is 35.2 Å². The molecular formula is C12H9N3O3. The Hall–Kier alpha value is -2.63. The van der Waals surface area contributed by atoms with Crippen molar-refractivity contribution in [2.45, 2.75) is 0 Å². The molecule has 0 bridgehead atoms. The van der Waals surface area contributed by atoms with Gasteiger partial charge in [0.1, 0.15) is 11.2 Å². The summed E-state index contributed by atoms with van der Waals surface area (Å²) in [7, 11) is 1.84. The first-order valence-corrected chi connectivity index (χ1v) is 5.27. The van der Waals surface area contributed by atoms with Gasteiger partial charge in [-0.05, 0) is 12.1 Å². The molecule has 1 N–H and O–H groups in total. The van der Waals surface area contributed by atoms with Crippen molar-refractivity contribution in [2.75, 3.05) is 0 Å². The Labute approximate surface area is 101 Å². The van der Waals surface area contributed by atoms with Gasteiger partial charge < -0.3 is 14.2 Å². The molecule has 0 aliphatic heterocycles. The number of rotatable bonds is 2. The largest absolute Gasteiger partial charge is 0.477 e. The van der Waals surface area contributed by atoms with E-state index in [9.17, 15) is 4.79 Å². The van der Waals surface area contributed by atoms with Gasteiger partial charge in [-0.1, -0.05) is 5.16 Å². The predicted molar refractivity (Wildman–Crippen MR) is 63.2 cm³/mol. The van der Waals surface area contributed by atoms with E-state index in [0.29, 0.717) is 5.56 Å². The molecule has 0 fully saturated rings. The molecule has 3 aromatic heterocycles. The third-order valence-electron chi connectivity index (χ3n) is 2.78. The lowest BCUT2D eigenvalue weighted by Gasteiger charge is -1.94. The van der Waals surface area contributed by atoms with Crippen LogP contribution in [-0.4, -0.2) is 25.8 Å². The number of carbonyl (C=O) groups is 1. The second kappa shape index (κ2) is 3.69. The van der Waals surface area contributed by atoms with Crippen LogP contribution in [0, 0.1) is 0 Å². The quantitative estimate of drug-likeness (QED) is 0.743. The van der Waals surface area contributed by atoms with Crippen molar-refractivity contribution in [1.82, 2.24) is 14.7 Å². The first-order chi connectivity index (χ1) is 8.68. The van der Waals surface area contributed by atoms with Gasteiger partial charge in [0.2, 0.25) is 0 Å². The van der Waals surface area contributed by atoms with E-state index in [2.05, 4.69) is 10.1 Å². The number of hydrogen-bond donors (Lipinski definition) is 1. The van der Waals surface area contributed by atoms with Gasteiger partial charge in [0.25, 0.3) is 0 Å². The van der Waals surface area contributed by atoms with Crippen LogP contribution < -0.4 is 0 Å². The van der Waals surface area contributed by atoms with Crippen LogP contribution in [-0.2, 0) is 7.05 Å². The summed E-state index contributed by atoms with van der Waals surface area (Å²) in [5.74, 6) is -0.812. The van der Waals surface area contributed by atoms with Crippen LogP contribution in [0.4, 0.5) is 0 Å². The number of aromatic carboxylic acids is 1. The molecule has 0 radical (unpaired) electrons. The molecule has 0 spiro atoms. The molecule has 0 amide bonds. The number of pyridine rings is 1. The van der Waals surface area contributed by atoms with Crippen molar-refractivity contribution >= 4 is 17.0 Å². The van der Waals surface area contributed by atoms with Gasteiger partial charge in [-0.15, -0.1) is 0 Å². The summed E-state index contributed by atoms with van der Waals surface area (Å²) < 4.78 is 6.88. The van der Waals surface area contributed by atoms with Gasteiger partial charge >= 0.3 is 5.97 Å². The summed E-state index contributed by atoms with van der Waals surface area (Å²) in [5.41, 5.74) is 1.49. The van der Waals surface area contributed by atoms with E-state index in [1.54, 1.807) is 18.5 Å². The van der Waals surface area contributed by atoms with Gasteiger partial charge in [0, 0.05) is 30.4 Å². The van der Waals surface area contributed by atoms with Gasteiger partial charge in [-0.3, -0.25) is 0 Å². The minimum atomic E-state index is -1.06. The van der Waals surface area contributed by atoms with Gasteiger partial charge in [-0.2, -0.15) is 0 Å². The zero-order chi connectivity index (χ0) is 12.7. The fourth-order valence-electron chi connectivity index (χ4n) is 1.98. The maximum atomic E-state index is 11.1. The number of fused-ring (bicyclic) bond motifs is 1. The summed E-state index contributed by atoms with van der Waals surface area (Å²) in [4.78, 5) is 15.3. The summed E-state index contributed by atoms with van der Waals surface area (Å²) in [5, 5.41) is 13.5. The molecule has 0 atom stereocenters. The lowest BCUT2D eigenvalue weighted by atomic mass is 10.1. The zero-order valence-corrected chi connectivity index (χ0v) is 9.49. The number of aromatic nitrogens is 3. The number of carboxylic acids is 1. The first kappa shape index (κ1) is 10.5. The molecule has 6 heteroatoms. The molecule has 0 unspecified atom stereocenters. The van der Waals surface area contributed by atoms with E-state index in [1.807, 2.05) is 17.7 Å². The Kier molecular flexibility index (Phi) is 2.16. The van der Waals surface area contributed by atoms with Crippen LogP contribution in [0.2, 0.25) is 0 Å². The Balaban J connectivity index is 2.32. The standard InChI is InChI=1S/C12H9N3O3/c1-15-6-9(7-3-2-4-13-11(7)15)10-8(12(16)17)5-14-18-10/h2-6H,1H3,(H,16,17). The zero-order valence-electron chi connectivity index (χ0n) is 9.49. The number of hydrogen-bond acceptors (Lipinski definition) is 4. The highest BCUT2D eigenvalue weighted by molar-refractivity contribution is 6.00. The van der Waals surface area contributed by atoms with Crippen molar-refractivity contribution in [3.63, 3.8) is 0 Å². The highest BCUT2D eigenvalue weighted by Crippen LogP contribution is 2.31. The molecule has 6 nitrogen and oxygen atoms in total. The van der Waals surface area contributed by atoms with Crippen LogP contribution in [0.1, 0.15) is 10.4 Å². The smallest absolute Gasteiger partial charge is 0.341 e. The average molecular weight is 243 g/mol. The monoisotopic (exact) mass is 243 g/mol. The van der Waals surface area contributed by atoms with Gasteiger partial charge in [0.05, 0.1) is 6.20 Å². The van der Waals surface area contributed by atoms with Crippen LogP contribution >= 0.6 is 0 Å². The molecule has 0 aliphatic carbocycles. The number of aryl methyl sites for hydroxylation is 1. The Morgan fingerprint density at radius 2 is 2.33 bits per heavy atom. The fraction of sp³-hybridized carbons (Fsp3) is 0.0833. The first-order valence-electron chi connectivity index (χ1n) is 5.27. The summed E-state index contributed by atoms with van der Waals surface area (Å²) in [6, 6.07) is 3.66. The van der Waals surface area contributed by atoms with Crippen LogP contribution in [0.5, 0.6) is 0 Å². The van der Waals surface area contributed by atoms with Crippen molar-refractivity contribution in [3.8, 4) is 11.3 Å². The lowest BCUT2D eigenvalue weighted by molar-refractivity contribution is 0.0697. The van der Waals surface area contributed by atoms with Crippen molar-refractivity contribution in [1.29, 1.82) is 0 Å². The normalized spacial score (nSPS) is 10.9. The SMILES string of the molecule is Cn1cc(-c2oncc2C(=O)O)c2cccnc21.